The van der Waals surface area contributed by atoms with E-state index in [4.69, 9.17) is 21.2 Å². The maximum Gasteiger partial charge on any atom is 0.236 e. The van der Waals surface area contributed by atoms with Crippen molar-refractivity contribution in [1.29, 1.82) is 0 Å². The molecule has 6 unspecified atom stereocenters. The summed E-state index contributed by atoms with van der Waals surface area (Å²) >= 11 is 6.00. The third kappa shape index (κ3) is 2.36. The number of carbonyl (C=O) groups is 2. The molecule has 4 aliphatic rings. The number of fused-ring (bicyclic) bond motifs is 8. The molecule has 3 fully saturated rings. The minimum Gasteiger partial charge on any atom is -0.389 e. The van der Waals surface area contributed by atoms with Gasteiger partial charge >= 0.3 is 0 Å². The summed E-state index contributed by atoms with van der Waals surface area (Å²) in [5, 5.41) is 4.92. The minimum atomic E-state index is -0.489. The molecule has 7 heteroatoms. The second-order valence-electron chi connectivity index (χ2n) is 7.94. The van der Waals surface area contributed by atoms with E-state index < -0.39 is 24.0 Å². The maximum atomic E-state index is 13.2. The van der Waals surface area contributed by atoms with E-state index in [1.165, 1.54) is 4.90 Å². The van der Waals surface area contributed by atoms with Gasteiger partial charge < -0.3 is 9.57 Å². The van der Waals surface area contributed by atoms with Gasteiger partial charge in [0.05, 0.1) is 36.1 Å². The highest BCUT2D eigenvalue weighted by Gasteiger charge is 2.72. The molecule has 6 rings (SSSR count). The number of rotatable bonds is 3. The van der Waals surface area contributed by atoms with Crippen LogP contribution in [-0.4, -0.2) is 40.7 Å². The molecular weight excluding hydrogens is 392 g/mol. The number of ether oxygens (including phenoxy) is 1. The average Bonchev–Trinajstić information content (AvgIpc) is 3.47. The molecule has 2 aromatic carbocycles. The summed E-state index contributed by atoms with van der Waals surface area (Å²) in [6.07, 6.45) is -1.18. The molecule has 4 aliphatic heterocycles. The molecule has 4 heterocycles. The van der Waals surface area contributed by atoms with Gasteiger partial charge in [0.2, 0.25) is 11.8 Å². The third-order valence-corrected chi connectivity index (χ3v) is 6.71. The first kappa shape index (κ1) is 17.2. The van der Waals surface area contributed by atoms with E-state index in [-0.39, 0.29) is 23.8 Å². The van der Waals surface area contributed by atoms with Crippen LogP contribution in [0.1, 0.15) is 11.1 Å². The SMILES string of the molecule is O=C1C2C3OC(C4C(c5ccc(Cl)cc5)=NOC34)C2C(=O)N1Cc1ccccc1. The second kappa shape index (κ2) is 6.15. The Balaban J connectivity index is 1.30. The second-order valence-corrected chi connectivity index (χ2v) is 8.38. The molecule has 6 nitrogen and oxygen atoms in total. The summed E-state index contributed by atoms with van der Waals surface area (Å²) in [4.78, 5) is 33.4. The first-order valence-corrected chi connectivity index (χ1v) is 10.1. The summed E-state index contributed by atoms with van der Waals surface area (Å²) in [7, 11) is 0. The number of imide groups is 1. The van der Waals surface area contributed by atoms with E-state index >= 15 is 0 Å². The first-order chi connectivity index (χ1) is 14.1. The smallest absolute Gasteiger partial charge is 0.236 e. The Morgan fingerprint density at radius 1 is 0.862 bits per heavy atom. The zero-order valence-corrected chi connectivity index (χ0v) is 16.0. The summed E-state index contributed by atoms with van der Waals surface area (Å²) < 4.78 is 6.12. The molecule has 0 aromatic heterocycles. The molecule has 0 spiro atoms. The Morgan fingerprint density at radius 3 is 2.28 bits per heavy atom. The molecular formula is C22H17ClN2O4. The normalized spacial score (nSPS) is 34.2. The Kier molecular flexibility index (Phi) is 3.64. The summed E-state index contributed by atoms with van der Waals surface area (Å²) in [6.45, 7) is 0.291. The van der Waals surface area contributed by atoms with Crippen molar-refractivity contribution in [2.75, 3.05) is 0 Å². The van der Waals surface area contributed by atoms with Gasteiger partial charge in [-0.05, 0) is 23.3 Å². The Bertz CT molecular complexity index is 1040. The quantitative estimate of drug-likeness (QED) is 0.732. The van der Waals surface area contributed by atoms with Crippen LogP contribution in [0.25, 0.3) is 0 Å². The summed E-state index contributed by atoms with van der Waals surface area (Å²) in [5.74, 6) is -1.44. The largest absolute Gasteiger partial charge is 0.389 e. The Hall–Kier alpha value is -2.70. The number of hydrogen-bond donors (Lipinski definition) is 0. The van der Waals surface area contributed by atoms with Crippen LogP contribution in [0.15, 0.2) is 59.8 Å². The lowest BCUT2D eigenvalue weighted by atomic mass is 9.71. The van der Waals surface area contributed by atoms with E-state index in [1.54, 1.807) is 12.1 Å². The van der Waals surface area contributed by atoms with Crippen molar-refractivity contribution in [2.24, 2.45) is 22.9 Å². The molecule has 0 N–H and O–H groups in total. The van der Waals surface area contributed by atoms with Crippen LogP contribution in [0, 0.1) is 17.8 Å². The number of carbonyl (C=O) groups excluding carboxylic acids is 2. The number of likely N-dealkylation sites (tertiary alicyclic amines) is 1. The predicted octanol–water partition coefficient (Wildman–Crippen LogP) is 2.64. The number of benzene rings is 2. The van der Waals surface area contributed by atoms with Gasteiger partial charge in [0.15, 0.2) is 6.10 Å². The monoisotopic (exact) mass is 408 g/mol. The Labute approximate surface area is 172 Å². The van der Waals surface area contributed by atoms with Gasteiger partial charge in [0.25, 0.3) is 0 Å². The lowest BCUT2D eigenvalue weighted by Crippen LogP contribution is -2.45. The van der Waals surface area contributed by atoms with Crippen molar-refractivity contribution in [3.63, 3.8) is 0 Å². The van der Waals surface area contributed by atoms with Crippen molar-refractivity contribution >= 4 is 29.1 Å². The molecule has 0 radical (unpaired) electrons. The Morgan fingerprint density at radius 2 is 1.55 bits per heavy atom. The van der Waals surface area contributed by atoms with Crippen LogP contribution in [-0.2, 0) is 25.7 Å². The average molecular weight is 409 g/mol. The highest BCUT2D eigenvalue weighted by molar-refractivity contribution is 6.30. The molecule has 2 bridgehead atoms. The number of oxime groups is 1. The fourth-order valence-corrected chi connectivity index (χ4v) is 5.33. The van der Waals surface area contributed by atoms with Gasteiger partial charge in [-0.1, -0.05) is 59.2 Å². The van der Waals surface area contributed by atoms with E-state index in [2.05, 4.69) is 5.16 Å². The number of amides is 2. The van der Waals surface area contributed by atoms with Crippen LogP contribution in [0.5, 0.6) is 0 Å². The number of halogens is 1. The van der Waals surface area contributed by atoms with Crippen molar-refractivity contribution in [1.82, 2.24) is 4.90 Å². The van der Waals surface area contributed by atoms with Crippen molar-refractivity contribution in [2.45, 2.75) is 24.9 Å². The standard InChI is InChI=1S/C22H17ClN2O4/c23-13-8-6-12(7-9-13)17-16-18-14-15(19(28-18)20(16)29-24-17)22(27)25(21(14)26)10-11-4-2-1-3-5-11/h1-9,14-16,18-20H,10H2. The zero-order chi connectivity index (χ0) is 19.7. The first-order valence-electron chi connectivity index (χ1n) is 9.68. The van der Waals surface area contributed by atoms with Crippen LogP contribution in [0.2, 0.25) is 5.02 Å². The zero-order valence-electron chi connectivity index (χ0n) is 15.3. The van der Waals surface area contributed by atoms with Crippen LogP contribution in [0.4, 0.5) is 0 Å². The van der Waals surface area contributed by atoms with Crippen LogP contribution >= 0.6 is 11.6 Å². The predicted molar refractivity (Wildman–Crippen MR) is 104 cm³/mol. The van der Waals surface area contributed by atoms with Gasteiger partial charge in [-0.3, -0.25) is 14.5 Å². The van der Waals surface area contributed by atoms with Crippen molar-refractivity contribution < 1.29 is 19.2 Å². The fourth-order valence-electron chi connectivity index (χ4n) is 5.20. The highest BCUT2D eigenvalue weighted by atomic mass is 35.5. The van der Waals surface area contributed by atoms with Gasteiger partial charge in [-0.25, -0.2) is 0 Å². The highest BCUT2D eigenvalue weighted by Crippen LogP contribution is 2.54. The van der Waals surface area contributed by atoms with Crippen LogP contribution < -0.4 is 0 Å². The maximum absolute atomic E-state index is 13.2. The van der Waals surface area contributed by atoms with E-state index in [0.717, 1.165) is 16.8 Å². The summed E-state index contributed by atoms with van der Waals surface area (Å²) in [5.41, 5.74) is 2.59. The molecule has 3 saturated heterocycles. The van der Waals surface area contributed by atoms with Crippen molar-refractivity contribution in [3.05, 3.63) is 70.7 Å². The van der Waals surface area contributed by atoms with Gasteiger partial charge in [-0.2, -0.15) is 0 Å². The lowest BCUT2D eigenvalue weighted by Gasteiger charge is -2.26. The molecule has 0 aliphatic carbocycles. The number of nitrogens with zero attached hydrogens (tertiary/aromatic N) is 2. The molecule has 2 aromatic rings. The molecule has 29 heavy (non-hydrogen) atoms. The minimum absolute atomic E-state index is 0.155. The molecule has 0 saturated carbocycles. The fraction of sp³-hybridized carbons (Fsp3) is 0.318. The number of hydrogen-bond acceptors (Lipinski definition) is 5. The van der Waals surface area contributed by atoms with Gasteiger partial charge in [0.1, 0.15) is 6.10 Å². The third-order valence-electron chi connectivity index (χ3n) is 6.46. The molecule has 6 atom stereocenters. The van der Waals surface area contributed by atoms with E-state index in [0.29, 0.717) is 11.6 Å². The lowest BCUT2D eigenvalue weighted by molar-refractivity contribution is -0.144. The molecule has 146 valence electrons. The molecule has 2 amide bonds. The van der Waals surface area contributed by atoms with E-state index in [9.17, 15) is 9.59 Å². The summed E-state index contributed by atoms with van der Waals surface area (Å²) in [6, 6.07) is 16.9. The topological polar surface area (TPSA) is 68.2 Å². The van der Waals surface area contributed by atoms with Gasteiger partial charge in [-0.15, -0.1) is 0 Å². The van der Waals surface area contributed by atoms with Crippen molar-refractivity contribution in [3.8, 4) is 0 Å². The van der Waals surface area contributed by atoms with E-state index in [1.807, 2.05) is 42.5 Å². The van der Waals surface area contributed by atoms with Gasteiger partial charge in [0, 0.05) is 5.02 Å². The van der Waals surface area contributed by atoms with Crippen LogP contribution in [0.3, 0.4) is 0 Å².